The molecular formula is C32H32ClN3O3. The lowest BCUT2D eigenvalue weighted by atomic mass is 9.94. The van der Waals surface area contributed by atoms with Crippen LogP contribution in [0, 0.1) is 11.8 Å². The number of likely N-dealkylation sites (tertiary alicyclic amines) is 1. The summed E-state index contributed by atoms with van der Waals surface area (Å²) in [6.07, 6.45) is 1.77. The number of rotatable bonds is 8. The smallest absolute Gasteiger partial charge is 0.253 e. The van der Waals surface area contributed by atoms with Gasteiger partial charge in [-0.2, -0.15) is 0 Å². The van der Waals surface area contributed by atoms with Gasteiger partial charge in [-0.3, -0.25) is 14.4 Å². The van der Waals surface area contributed by atoms with Crippen molar-refractivity contribution in [2.75, 3.05) is 13.1 Å². The first-order chi connectivity index (χ1) is 19.0. The SMILES string of the molecule is O=C(NC1C[C@@H]1c1ccccc1)[C@@H]1CN(C(=O)c2ccc(CCl)cc2)C[C@H]1C(=O)N[C@H]1C[C@@H]1c1ccccc1. The molecule has 3 aromatic carbocycles. The van der Waals surface area contributed by atoms with Gasteiger partial charge in [-0.15, -0.1) is 11.6 Å². The topological polar surface area (TPSA) is 78.5 Å². The van der Waals surface area contributed by atoms with E-state index < -0.39 is 11.8 Å². The summed E-state index contributed by atoms with van der Waals surface area (Å²) in [5.74, 6) is -0.710. The first-order valence-electron chi connectivity index (χ1n) is 13.7. The molecule has 1 aliphatic heterocycles. The third kappa shape index (κ3) is 5.57. The molecule has 0 radical (unpaired) electrons. The van der Waals surface area contributed by atoms with Crippen molar-refractivity contribution in [3.05, 3.63) is 107 Å². The molecule has 2 saturated carbocycles. The highest BCUT2D eigenvalue weighted by Gasteiger charge is 2.48. The molecule has 1 saturated heterocycles. The van der Waals surface area contributed by atoms with Gasteiger partial charge in [0.1, 0.15) is 0 Å². The van der Waals surface area contributed by atoms with Gasteiger partial charge in [0, 0.05) is 48.5 Å². The maximum Gasteiger partial charge on any atom is 0.253 e. The van der Waals surface area contributed by atoms with Gasteiger partial charge in [0.15, 0.2) is 0 Å². The van der Waals surface area contributed by atoms with E-state index in [-0.39, 0.29) is 42.9 Å². The van der Waals surface area contributed by atoms with Crippen LogP contribution in [0.3, 0.4) is 0 Å². The number of nitrogens with one attached hydrogen (secondary N) is 2. The Morgan fingerprint density at radius 1 is 0.692 bits per heavy atom. The van der Waals surface area contributed by atoms with Gasteiger partial charge in [-0.05, 0) is 41.7 Å². The Morgan fingerprint density at radius 2 is 1.15 bits per heavy atom. The molecule has 3 amide bonds. The predicted octanol–water partition coefficient (Wildman–Crippen LogP) is 4.46. The van der Waals surface area contributed by atoms with E-state index in [9.17, 15) is 14.4 Å². The number of carbonyl (C=O) groups is 3. The van der Waals surface area contributed by atoms with Gasteiger partial charge in [-0.25, -0.2) is 0 Å². The number of benzene rings is 3. The Balaban J connectivity index is 1.15. The number of amides is 3. The van der Waals surface area contributed by atoms with Crippen molar-refractivity contribution < 1.29 is 14.4 Å². The van der Waals surface area contributed by atoms with E-state index in [1.807, 2.05) is 48.5 Å². The van der Waals surface area contributed by atoms with Gasteiger partial charge in [0.2, 0.25) is 11.8 Å². The minimum Gasteiger partial charge on any atom is -0.352 e. The van der Waals surface area contributed by atoms with Crippen LogP contribution in [-0.4, -0.2) is 47.8 Å². The van der Waals surface area contributed by atoms with Crippen LogP contribution in [0.4, 0.5) is 0 Å². The van der Waals surface area contributed by atoms with Crippen LogP contribution in [0.2, 0.25) is 0 Å². The van der Waals surface area contributed by atoms with Crippen LogP contribution in [0.25, 0.3) is 0 Å². The van der Waals surface area contributed by atoms with E-state index in [4.69, 9.17) is 11.6 Å². The molecule has 6 atom stereocenters. The quantitative estimate of drug-likeness (QED) is 0.413. The molecule has 2 N–H and O–H groups in total. The minimum absolute atomic E-state index is 0.0577. The molecule has 2 aliphatic carbocycles. The molecule has 39 heavy (non-hydrogen) atoms. The van der Waals surface area contributed by atoms with Crippen LogP contribution in [0.15, 0.2) is 84.9 Å². The molecule has 3 fully saturated rings. The third-order valence-corrected chi connectivity index (χ3v) is 8.64. The summed E-state index contributed by atoms with van der Waals surface area (Å²) in [7, 11) is 0. The van der Waals surface area contributed by atoms with E-state index in [0.717, 1.165) is 18.4 Å². The Kier molecular flexibility index (Phi) is 7.13. The highest BCUT2D eigenvalue weighted by atomic mass is 35.5. The Labute approximate surface area is 233 Å². The number of hydrogen-bond donors (Lipinski definition) is 2. The van der Waals surface area contributed by atoms with Crippen molar-refractivity contribution in [2.24, 2.45) is 11.8 Å². The van der Waals surface area contributed by atoms with Crippen LogP contribution >= 0.6 is 11.6 Å². The zero-order chi connectivity index (χ0) is 26.9. The lowest BCUT2D eigenvalue weighted by Gasteiger charge is -2.18. The maximum atomic E-state index is 13.5. The zero-order valence-electron chi connectivity index (χ0n) is 21.6. The van der Waals surface area contributed by atoms with Crippen LogP contribution in [0.1, 0.15) is 51.7 Å². The summed E-state index contributed by atoms with van der Waals surface area (Å²) in [5.41, 5.74) is 3.88. The Bertz CT molecular complexity index is 1270. The third-order valence-electron chi connectivity index (χ3n) is 8.33. The molecule has 0 aromatic heterocycles. The van der Waals surface area contributed by atoms with Crippen LogP contribution < -0.4 is 10.6 Å². The Hall–Kier alpha value is -3.64. The van der Waals surface area contributed by atoms with Crippen LogP contribution in [0.5, 0.6) is 0 Å². The molecule has 1 heterocycles. The molecule has 6 nitrogen and oxygen atoms in total. The minimum atomic E-state index is -0.595. The number of carbonyl (C=O) groups excluding carboxylic acids is 3. The van der Waals surface area contributed by atoms with E-state index in [1.54, 1.807) is 17.0 Å². The van der Waals surface area contributed by atoms with E-state index >= 15 is 0 Å². The largest absolute Gasteiger partial charge is 0.352 e. The molecule has 6 rings (SSSR count). The average Bonchev–Trinajstić information content (AvgIpc) is 3.88. The molecular weight excluding hydrogens is 510 g/mol. The van der Waals surface area contributed by atoms with Gasteiger partial charge in [0.05, 0.1) is 11.8 Å². The molecule has 1 unspecified atom stereocenters. The lowest BCUT2D eigenvalue weighted by molar-refractivity contribution is -0.133. The number of alkyl halides is 1. The first kappa shape index (κ1) is 25.6. The summed E-state index contributed by atoms with van der Waals surface area (Å²) >= 11 is 5.90. The predicted molar refractivity (Wildman–Crippen MR) is 150 cm³/mol. The van der Waals surface area contributed by atoms with Crippen molar-refractivity contribution >= 4 is 29.3 Å². The highest BCUT2D eigenvalue weighted by Crippen LogP contribution is 2.42. The van der Waals surface area contributed by atoms with Crippen molar-refractivity contribution in [3.63, 3.8) is 0 Å². The molecule has 200 valence electrons. The van der Waals surface area contributed by atoms with E-state index in [0.29, 0.717) is 23.3 Å². The lowest BCUT2D eigenvalue weighted by Crippen LogP contribution is -2.43. The van der Waals surface area contributed by atoms with Crippen molar-refractivity contribution in [3.8, 4) is 0 Å². The monoisotopic (exact) mass is 541 g/mol. The normalized spacial score (nSPS) is 27.1. The molecule has 3 aromatic rings. The van der Waals surface area contributed by atoms with Crippen molar-refractivity contribution in [1.82, 2.24) is 15.5 Å². The molecule has 7 heteroatoms. The van der Waals surface area contributed by atoms with Gasteiger partial charge in [-0.1, -0.05) is 72.8 Å². The average molecular weight is 542 g/mol. The summed E-state index contributed by atoms with van der Waals surface area (Å²) < 4.78 is 0. The van der Waals surface area contributed by atoms with Gasteiger partial charge in [0.25, 0.3) is 5.91 Å². The van der Waals surface area contributed by atoms with Crippen molar-refractivity contribution in [1.29, 1.82) is 0 Å². The second-order valence-electron chi connectivity index (χ2n) is 11.0. The highest BCUT2D eigenvalue weighted by molar-refractivity contribution is 6.17. The summed E-state index contributed by atoms with van der Waals surface area (Å²) in [4.78, 5) is 42.0. The van der Waals surface area contributed by atoms with Gasteiger partial charge >= 0.3 is 0 Å². The van der Waals surface area contributed by atoms with Crippen LogP contribution in [-0.2, 0) is 15.5 Å². The first-order valence-corrected chi connectivity index (χ1v) is 14.2. The van der Waals surface area contributed by atoms with Crippen molar-refractivity contribution in [2.45, 2.75) is 42.6 Å². The van der Waals surface area contributed by atoms with E-state index in [1.165, 1.54) is 11.1 Å². The second kappa shape index (κ2) is 10.9. The number of halogens is 1. The summed E-state index contributed by atoms with van der Waals surface area (Å²) in [6, 6.07) is 27.6. The van der Waals surface area contributed by atoms with E-state index in [2.05, 4.69) is 34.9 Å². The summed E-state index contributed by atoms with van der Waals surface area (Å²) in [6.45, 7) is 0.436. The maximum absolute atomic E-state index is 13.5. The molecule has 0 bridgehead atoms. The fourth-order valence-electron chi connectivity index (χ4n) is 5.85. The number of hydrogen-bond acceptors (Lipinski definition) is 3. The summed E-state index contributed by atoms with van der Waals surface area (Å²) in [5, 5.41) is 6.35. The number of nitrogens with zero attached hydrogens (tertiary/aromatic N) is 1. The second-order valence-corrected chi connectivity index (χ2v) is 11.3. The zero-order valence-corrected chi connectivity index (χ0v) is 22.4. The molecule has 3 aliphatic rings. The standard InChI is InChI=1S/C32H32ClN3O3/c33-17-20-11-13-23(14-12-20)32(39)36-18-26(30(37)34-28-15-24(28)21-7-3-1-4-8-21)27(19-36)31(38)35-29-16-25(29)22-9-5-2-6-10-22/h1-14,24-29H,15-19H2,(H,34,37)(H,35,38)/t24-,25-,26-,27-,28+,29?/m1/s1. The fourth-order valence-corrected chi connectivity index (χ4v) is 6.02. The fraction of sp³-hybridized carbons (Fsp3) is 0.344. The van der Waals surface area contributed by atoms with Gasteiger partial charge < -0.3 is 15.5 Å². The molecule has 0 spiro atoms. The Morgan fingerprint density at radius 3 is 1.59 bits per heavy atom.